The molecule has 23 heavy (non-hydrogen) atoms. The van der Waals surface area contributed by atoms with Crippen molar-refractivity contribution < 1.29 is 13.7 Å². The maximum Gasteiger partial charge on any atom is 0.169 e. The first-order chi connectivity index (χ1) is 10.9. The van der Waals surface area contributed by atoms with Gasteiger partial charge >= 0.3 is 0 Å². The van der Waals surface area contributed by atoms with Crippen LogP contribution in [0.4, 0.5) is 10.2 Å². The van der Waals surface area contributed by atoms with Crippen molar-refractivity contribution in [2.24, 2.45) is 0 Å². The molecule has 1 aromatic heterocycles. The van der Waals surface area contributed by atoms with Gasteiger partial charge in [0.15, 0.2) is 5.82 Å². The molecule has 1 aromatic carbocycles. The van der Waals surface area contributed by atoms with Crippen molar-refractivity contribution in [3.8, 4) is 0 Å². The highest BCUT2D eigenvalue weighted by Gasteiger charge is 2.37. The zero-order chi connectivity index (χ0) is 16.5. The Bertz CT molecular complexity index is 670. The highest BCUT2D eigenvalue weighted by molar-refractivity contribution is 5.38. The van der Waals surface area contributed by atoms with Crippen LogP contribution < -0.4 is 5.32 Å². The summed E-state index contributed by atoms with van der Waals surface area (Å²) in [5, 5.41) is 7.42. The molecule has 0 radical (unpaired) electrons. The summed E-state index contributed by atoms with van der Waals surface area (Å²) in [6, 6.07) is 8.70. The minimum absolute atomic E-state index is 0.0797. The van der Waals surface area contributed by atoms with Crippen LogP contribution in [0.3, 0.4) is 0 Å². The molecule has 0 unspecified atom stereocenters. The maximum absolute atomic E-state index is 13.6. The lowest BCUT2D eigenvalue weighted by Crippen LogP contribution is -2.35. The third kappa shape index (κ3) is 3.39. The number of ether oxygens (including phenoxy) is 1. The van der Waals surface area contributed by atoms with E-state index >= 15 is 0 Å². The summed E-state index contributed by atoms with van der Waals surface area (Å²) in [7, 11) is 0. The van der Waals surface area contributed by atoms with Crippen LogP contribution in [-0.2, 0) is 15.6 Å². The van der Waals surface area contributed by atoms with Gasteiger partial charge in [-0.05, 0) is 24.1 Å². The first-order valence-electron chi connectivity index (χ1n) is 7.94. The van der Waals surface area contributed by atoms with Crippen molar-refractivity contribution in [1.82, 2.24) is 5.16 Å². The van der Waals surface area contributed by atoms with Crippen LogP contribution in [0, 0.1) is 5.82 Å². The molecule has 5 heteroatoms. The molecular weight excluding hydrogens is 295 g/mol. The van der Waals surface area contributed by atoms with Gasteiger partial charge in [0.2, 0.25) is 0 Å². The predicted octanol–water partition coefficient (Wildman–Crippen LogP) is 3.88. The molecule has 0 bridgehead atoms. The van der Waals surface area contributed by atoms with E-state index in [-0.39, 0.29) is 16.6 Å². The van der Waals surface area contributed by atoms with Gasteiger partial charge in [-0.25, -0.2) is 4.39 Å². The molecule has 1 aliphatic heterocycles. The molecule has 1 atom stereocenters. The molecule has 1 N–H and O–H groups in total. The second-order valence-corrected chi connectivity index (χ2v) is 7.27. The molecular formula is C18H23FN2O2. The second kappa shape index (κ2) is 5.96. The Balaban J connectivity index is 1.77. The molecule has 1 fully saturated rings. The first kappa shape index (κ1) is 16.0. The Hall–Kier alpha value is -1.88. The lowest BCUT2D eigenvalue weighted by Gasteiger charge is -2.28. The van der Waals surface area contributed by atoms with Gasteiger partial charge < -0.3 is 14.6 Å². The standard InChI is InChI=1S/C18H23FN2O2/c1-17(2,3)15-10-16(21-23-15)20-11-18(7-8-22-12-18)13-5-4-6-14(19)9-13/h4-6,9-10H,7-8,11-12H2,1-3H3,(H,20,21)/t18-/m0/s1. The Morgan fingerprint density at radius 2 is 2.13 bits per heavy atom. The fourth-order valence-corrected chi connectivity index (χ4v) is 2.87. The monoisotopic (exact) mass is 318 g/mol. The fourth-order valence-electron chi connectivity index (χ4n) is 2.87. The van der Waals surface area contributed by atoms with E-state index in [4.69, 9.17) is 9.26 Å². The number of hydrogen-bond acceptors (Lipinski definition) is 4. The van der Waals surface area contributed by atoms with Crippen molar-refractivity contribution in [3.05, 3.63) is 47.5 Å². The van der Waals surface area contributed by atoms with Gasteiger partial charge in [0.25, 0.3) is 0 Å². The second-order valence-electron chi connectivity index (χ2n) is 7.27. The molecule has 2 heterocycles. The fraction of sp³-hybridized carbons (Fsp3) is 0.500. The number of anilines is 1. The summed E-state index contributed by atoms with van der Waals surface area (Å²) < 4.78 is 24.6. The largest absolute Gasteiger partial charge is 0.380 e. The number of nitrogens with zero attached hydrogens (tertiary/aromatic N) is 1. The van der Waals surface area contributed by atoms with Crippen molar-refractivity contribution >= 4 is 5.82 Å². The number of halogens is 1. The SMILES string of the molecule is CC(C)(C)c1cc(NC[C@@]2(c3cccc(F)c3)CCOC2)no1. The predicted molar refractivity (Wildman–Crippen MR) is 87.2 cm³/mol. The van der Waals surface area contributed by atoms with Crippen molar-refractivity contribution in [2.75, 3.05) is 25.1 Å². The molecule has 2 aromatic rings. The quantitative estimate of drug-likeness (QED) is 0.929. The summed E-state index contributed by atoms with van der Waals surface area (Å²) in [4.78, 5) is 0. The number of aromatic nitrogens is 1. The van der Waals surface area contributed by atoms with Gasteiger partial charge in [-0.2, -0.15) is 0 Å². The highest BCUT2D eigenvalue weighted by Crippen LogP contribution is 2.34. The van der Waals surface area contributed by atoms with Crippen LogP contribution in [0.1, 0.15) is 38.5 Å². The Kier molecular flexibility index (Phi) is 4.15. The van der Waals surface area contributed by atoms with Gasteiger partial charge in [0, 0.05) is 30.0 Å². The van der Waals surface area contributed by atoms with Crippen LogP contribution in [0.5, 0.6) is 0 Å². The van der Waals surface area contributed by atoms with Gasteiger partial charge in [-0.15, -0.1) is 0 Å². The molecule has 3 rings (SSSR count). The zero-order valence-electron chi connectivity index (χ0n) is 13.9. The Labute approximate surface area is 136 Å². The summed E-state index contributed by atoms with van der Waals surface area (Å²) in [5.74, 6) is 1.32. The molecule has 0 spiro atoms. The van der Waals surface area contributed by atoms with E-state index < -0.39 is 0 Å². The summed E-state index contributed by atoms with van der Waals surface area (Å²) in [6.07, 6.45) is 0.855. The van der Waals surface area contributed by atoms with E-state index in [0.29, 0.717) is 25.6 Å². The van der Waals surface area contributed by atoms with Crippen LogP contribution in [0.15, 0.2) is 34.9 Å². The number of benzene rings is 1. The molecule has 0 saturated carbocycles. The third-order valence-electron chi connectivity index (χ3n) is 4.40. The Morgan fingerprint density at radius 3 is 2.74 bits per heavy atom. The van der Waals surface area contributed by atoms with Gasteiger partial charge in [0.05, 0.1) is 6.61 Å². The third-order valence-corrected chi connectivity index (χ3v) is 4.40. The molecule has 4 nitrogen and oxygen atoms in total. The van der Waals surface area contributed by atoms with E-state index in [2.05, 4.69) is 31.2 Å². The molecule has 0 amide bonds. The normalized spacial score (nSPS) is 21.6. The van der Waals surface area contributed by atoms with E-state index in [1.807, 2.05) is 12.1 Å². The number of hydrogen-bond donors (Lipinski definition) is 1. The van der Waals surface area contributed by atoms with Crippen LogP contribution in [0.2, 0.25) is 0 Å². The molecule has 1 aliphatic rings. The van der Waals surface area contributed by atoms with Gasteiger partial charge in [-0.3, -0.25) is 0 Å². The Morgan fingerprint density at radius 1 is 1.30 bits per heavy atom. The average Bonchev–Trinajstić information content (AvgIpc) is 3.15. The molecule has 1 saturated heterocycles. The first-order valence-corrected chi connectivity index (χ1v) is 7.94. The zero-order valence-corrected chi connectivity index (χ0v) is 13.9. The minimum Gasteiger partial charge on any atom is -0.380 e. The van der Waals surface area contributed by atoms with Crippen molar-refractivity contribution in [2.45, 2.75) is 38.0 Å². The maximum atomic E-state index is 13.6. The van der Waals surface area contributed by atoms with Crippen LogP contribution >= 0.6 is 0 Å². The highest BCUT2D eigenvalue weighted by atomic mass is 19.1. The van der Waals surface area contributed by atoms with E-state index in [1.165, 1.54) is 6.07 Å². The van der Waals surface area contributed by atoms with E-state index in [1.54, 1.807) is 12.1 Å². The lowest BCUT2D eigenvalue weighted by atomic mass is 9.79. The van der Waals surface area contributed by atoms with E-state index in [9.17, 15) is 4.39 Å². The van der Waals surface area contributed by atoms with Crippen molar-refractivity contribution in [3.63, 3.8) is 0 Å². The topological polar surface area (TPSA) is 47.3 Å². The van der Waals surface area contributed by atoms with E-state index in [0.717, 1.165) is 17.7 Å². The lowest BCUT2D eigenvalue weighted by molar-refractivity contribution is 0.179. The number of rotatable bonds is 4. The smallest absolute Gasteiger partial charge is 0.169 e. The van der Waals surface area contributed by atoms with Crippen molar-refractivity contribution in [1.29, 1.82) is 0 Å². The van der Waals surface area contributed by atoms with Gasteiger partial charge in [0.1, 0.15) is 11.6 Å². The van der Waals surface area contributed by atoms with Crippen LogP contribution in [0.25, 0.3) is 0 Å². The minimum atomic E-state index is -0.233. The summed E-state index contributed by atoms with van der Waals surface area (Å²) in [6.45, 7) is 8.13. The summed E-state index contributed by atoms with van der Waals surface area (Å²) in [5.41, 5.74) is 0.647. The molecule has 124 valence electrons. The number of nitrogens with one attached hydrogen (secondary N) is 1. The van der Waals surface area contributed by atoms with Crippen LogP contribution in [-0.4, -0.2) is 24.9 Å². The molecule has 0 aliphatic carbocycles. The average molecular weight is 318 g/mol. The summed E-state index contributed by atoms with van der Waals surface area (Å²) >= 11 is 0. The van der Waals surface area contributed by atoms with Gasteiger partial charge in [-0.1, -0.05) is 38.1 Å².